The smallest absolute Gasteiger partial charge is 0.241 e. The minimum atomic E-state index is -3.79. The minimum Gasteiger partial charge on any atom is -0.325 e. The lowest BCUT2D eigenvalue weighted by Gasteiger charge is -2.08. The van der Waals surface area contributed by atoms with Gasteiger partial charge in [-0.2, -0.15) is 5.26 Å². The summed E-state index contributed by atoms with van der Waals surface area (Å²) in [6, 6.07) is 16.1. The fraction of sp³-hybridized carbons (Fsp3) is 0.0667. The Labute approximate surface area is 128 Å². The van der Waals surface area contributed by atoms with Crippen LogP contribution >= 0.6 is 0 Å². The molecule has 0 radical (unpaired) electrons. The van der Waals surface area contributed by atoms with Gasteiger partial charge in [0.15, 0.2) is 0 Å². The lowest BCUT2D eigenvalue weighted by molar-refractivity contribution is -0.115. The number of carbonyl (C=O) groups is 1. The number of rotatable bonds is 5. The van der Waals surface area contributed by atoms with E-state index in [9.17, 15) is 13.2 Å². The van der Waals surface area contributed by atoms with Crippen molar-refractivity contribution in [2.75, 3.05) is 11.9 Å². The van der Waals surface area contributed by atoms with Gasteiger partial charge in [0.05, 0.1) is 23.1 Å². The van der Waals surface area contributed by atoms with Crippen molar-refractivity contribution in [2.45, 2.75) is 4.90 Å². The molecule has 112 valence electrons. The molecule has 0 heterocycles. The number of sulfonamides is 1. The molecule has 0 fully saturated rings. The third-order valence-corrected chi connectivity index (χ3v) is 4.19. The molecule has 2 aromatic carbocycles. The van der Waals surface area contributed by atoms with Crippen molar-refractivity contribution >= 4 is 21.6 Å². The van der Waals surface area contributed by atoms with Crippen molar-refractivity contribution < 1.29 is 13.2 Å². The number of nitrogens with zero attached hydrogens (tertiary/aromatic N) is 1. The Morgan fingerprint density at radius 1 is 1.05 bits per heavy atom. The van der Waals surface area contributed by atoms with Crippen LogP contribution in [0.1, 0.15) is 5.56 Å². The molecule has 7 heteroatoms. The average molecular weight is 315 g/mol. The van der Waals surface area contributed by atoms with Crippen molar-refractivity contribution in [3.05, 3.63) is 60.2 Å². The van der Waals surface area contributed by atoms with Crippen molar-refractivity contribution in [1.29, 1.82) is 5.26 Å². The summed E-state index contributed by atoms with van der Waals surface area (Å²) in [5.74, 6) is -0.469. The van der Waals surface area contributed by atoms with Crippen molar-refractivity contribution in [2.24, 2.45) is 0 Å². The van der Waals surface area contributed by atoms with Gasteiger partial charge < -0.3 is 5.32 Å². The molecule has 2 N–H and O–H groups in total. The van der Waals surface area contributed by atoms with Gasteiger partial charge in [0, 0.05) is 5.69 Å². The number of benzene rings is 2. The van der Waals surface area contributed by atoms with Crippen LogP contribution < -0.4 is 10.0 Å². The summed E-state index contributed by atoms with van der Waals surface area (Å²) < 4.78 is 26.2. The standard InChI is InChI=1S/C15H13N3O3S/c16-10-12-6-8-14(9-7-12)22(20,21)17-11-15(19)18-13-4-2-1-3-5-13/h1-9,17H,11H2,(H,18,19). The van der Waals surface area contributed by atoms with E-state index in [2.05, 4.69) is 10.0 Å². The van der Waals surface area contributed by atoms with Crippen LogP contribution in [0.25, 0.3) is 0 Å². The SMILES string of the molecule is N#Cc1ccc(S(=O)(=O)NCC(=O)Nc2ccccc2)cc1. The first kappa shape index (κ1) is 15.7. The van der Waals surface area contributed by atoms with Crippen LogP contribution in [-0.2, 0) is 14.8 Å². The zero-order chi connectivity index (χ0) is 16.0. The molecule has 0 saturated heterocycles. The molecule has 6 nitrogen and oxygen atoms in total. The third-order valence-electron chi connectivity index (χ3n) is 2.77. The Morgan fingerprint density at radius 2 is 1.68 bits per heavy atom. The van der Waals surface area contributed by atoms with E-state index in [1.165, 1.54) is 24.3 Å². The van der Waals surface area contributed by atoms with E-state index in [-0.39, 0.29) is 11.4 Å². The largest absolute Gasteiger partial charge is 0.325 e. The summed E-state index contributed by atoms with van der Waals surface area (Å²) in [5.41, 5.74) is 0.950. The van der Waals surface area contributed by atoms with E-state index < -0.39 is 15.9 Å². The van der Waals surface area contributed by atoms with E-state index in [0.29, 0.717) is 11.3 Å². The Balaban J connectivity index is 1.97. The second-order valence-corrected chi connectivity index (χ2v) is 6.14. The van der Waals surface area contributed by atoms with Gasteiger partial charge in [-0.3, -0.25) is 4.79 Å². The van der Waals surface area contributed by atoms with Gasteiger partial charge in [-0.15, -0.1) is 0 Å². The molecule has 2 rings (SSSR count). The Hall–Kier alpha value is -2.69. The van der Waals surface area contributed by atoms with E-state index in [1.54, 1.807) is 24.3 Å². The van der Waals surface area contributed by atoms with Crippen LogP contribution in [0, 0.1) is 11.3 Å². The number of amides is 1. The number of anilines is 1. The Morgan fingerprint density at radius 3 is 2.27 bits per heavy atom. The predicted molar refractivity (Wildman–Crippen MR) is 81.4 cm³/mol. The van der Waals surface area contributed by atoms with Gasteiger partial charge in [0.2, 0.25) is 15.9 Å². The summed E-state index contributed by atoms with van der Waals surface area (Å²) in [6.07, 6.45) is 0. The van der Waals surface area contributed by atoms with Gasteiger partial charge in [-0.1, -0.05) is 18.2 Å². The predicted octanol–water partition coefficient (Wildman–Crippen LogP) is 1.48. The lowest BCUT2D eigenvalue weighted by Crippen LogP contribution is -2.32. The molecule has 0 aromatic heterocycles. The van der Waals surface area contributed by atoms with E-state index in [1.807, 2.05) is 12.1 Å². The Kier molecular flexibility index (Phi) is 4.88. The van der Waals surface area contributed by atoms with E-state index >= 15 is 0 Å². The first-order valence-corrected chi connectivity index (χ1v) is 7.84. The van der Waals surface area contributed by atoms with Crippen molar-refractivity contribution in [3.63, 3.8) is 0 Å². The van der Waals surface area contributed by atoms with Crippen molar-refractivity contribution in [1.82, 2.24) is 4.72 Å². The van der Waals surface area contributed by atoms with Crippen LogP contribution in [0.4, 0.5) is 5.69 Å². The highest BCUT2D eigenvalue weighted by atomic mass is 32.2. The second kappa shape index (κ2) is 6.85. The fourth-order valence-electron chi connectivity index (χ4n) is 1.68. The summed E-state index contributed by atoms with van der Waals surface area (Å²) in [5, 5.41) is 11.3. The second-order valence-electron chi connectivity index (χ2n) is 4.37. The van der Waals surface area contributed by atoms with Crippen LogP contribution in [0.3, 0.4) is 0 Å². The van der Waals surface area contributed by atoms with Crippen molar-refractivity contribution in [3.8, 4) is 6.07 Å². The first-order chi connectivity index (χ1) is 10.5. The zero-order valence-electron chi connectivity index (χ0n) is 11.5. The maximum absolute atomic E-state index is 12.0. The van der Waals surface area contributed by atoms with Crippen LogP contribution in [-0.4, -0.2) is 20.9 Å². The van der Waals surface area contributed by atoms with Gasteiger partial charge >= 0.3 is 0 Å². The van der Waals surface area contributed by atoms with E-state index in [4.69, 9.17) is 5.26 Å². The lowest BCUT2D eigenvalue weighted by atomic mass is 10.2. The topological polar surface area (TPSA) is 99.1 Å². The highest BCUT2D eigenvalue weighted by Crippen LogP contribution is 2.10. The molecule has 0 aliphatic rings. The number of nitrogens with one attached hydrogen (secondary N) is 2. The summed E-state index contributed by atoms with van der Waals surface area (Å²) in [4.78, 5) is 11.7. The third kappa shape index (κ3) is 4.15. The molecule has 0 unspecified atom stereocenters. The van der Waals surface area contributed by atoms with Crippen LogP contribution in [0.2, 0.25) is 0 Å². The molecule has 0 aliphatic heterocycles. The highest BCUT2D eigenvalue weighted by molar-refractivity contribution is 7.89. The molecule has 0 atom stereocenters. The summed E-state index contributed by atoms with van der Waals surface area (Å²) >= 11 is 0. The molecule has 1 amide bonds. The first-order valence-electron chi connectivity index (χ1n) is 6.36. The molecular formula is C15H13N3O3S. The summed E-state index contributed by atoms with van der Waals surface area (Å²) in [6.45, 7) is -0.378. The fourth-order valence-corrected chi connectivity index (χ4v) is 2.66. The molecule has 0 bridgehead atoms. The van der Waals surface area contributed by atoms with Gasteiger partial charge in [0.1, 0.15) is 0 Å². The van der Waals surface area contributed by atoms with Crippen LogP contribution in [0.5, 0.6) is 0 Å². The molecule has 0 saturated carbocycles. The van der Waals surface area contributed by atoms with E-state index in [0.717, 1.165) is 0 Å². The van der Waals surface area contributed by atoms with Crippen LogP contribution in [0.15, 0.2) is 59.5 Å². The number of hydrogen-bond acceptors (Lipinski definition) is 4. The number of hydrogen-bond donors (Lipinski definition) is 2. The number of carbonyl (C=O) groups excluding carboxylic acids is 1. The maximum Gasteiger partial charge on any atom is 0.241 e. The normalized spacial score (nSPS) is 10.7. The quantitative estimate of drug-likeness (QED) is 0.873. The molecule has 0 aliphatic carbocycles. The number of para-hydroxylation sites is 1. The average Bonchev–Trinajstić information content (AvgIpc) is 2.54. The van der Waals surface area contributed by atoms with Gasteiger partial charge in [0.25, 0.3) is 0 Å². The minimum absolute atomic E-state index is 0.000916. The molecule has 22 heavy (non-hydrogen) atoms. The Bertz CT molecular complexity index is 794. The molecule has 0 spiro atoms. The van der Waals surface area contributed by atoms with Gasteiger partial charge in [-0.05, 0) is 36.4 Å². The molecule has 2 aromatic rings. The summed E-state index contributed by atoms with van der Waals surface area (Å²) in [7, 11) is -3.79. The highest BCUT2D eigenvalue weighted by Gasteiger charge is 2.15. The monoisotopic (exact) mass is 315 g/mol. The molecular weight excluding hydrogens is 302 g/mol. The maximum atomic E-state index is 12.0. The zero-order valence-corrected chi connectivity index (χ0v) is 12.3. The van der Waals surface area contributed by atoms with Gasteiger partial charge in [-0.25, -0.2) is 13.1 Å². The number of nitriles is 1.